The van der Waals surface area contributed by atoms with Crippen molar-refractivity contribution in [3.05, 3.63) is 69.0 Å². The number of para-hydroxylation sites is 1. The van der Waals surface area contributed by atoms with E-state index in [1.165, 1.54) is 22.3 Å². The average Bonchev–Trinajstić information content (AvgIpc) is 2.51. The Balaban J connectivity index is 1.97. The Hall–Kier alpha value is -2.07. The first kappa shape index (κ1) is 15.8. The third kappa shape index (κ3) is 3.04. The Kier molecular flexibility index (Phi) is 4.26. The van der Waals surface area contributed by atoms with Crippen molar-refractivity contribution >= 4 is 22.7 Å². The predicted octanol–water partition coefficient (Wildman–Crippen LogP) is 4.15. The number of fused-ring (bicyclic) bond motifs is 1. The molecule has 0 fully saturated rings. The van der Waals surface area contributed by atoms with Crippen molar-refractivity contribution in [1.29, 1.82) is 0 Å². The summed E-state index contributed by atoms with van der Waals surface area (Å²) >= 11 is 1.62. The molecule has 0 saturated heterocycles. The molecule has 0 amide bonds. The van der Waals surface area contributed by atoms with Gasteiger partial charge in [-0.2, -0.15) is 0 Å². The summed E-state index contributed by atoms with van der Waals surface area (Å²) in [6.07, 6.45) is 0. The molecule has 118 valence electrons. The first-order chi connectivity index (χ1) is 11.0. The van der Waals surface area contributed by atoms with Gasteiger partial charge in [-0.25, -0.2) is 4.98 Å². The number of hydrogen-bond donors (Lipinski definition) is 0. The molecular formula is C19H20N2OS. The normalized spacial score (nSPS) is 11.1. The van der Waals surface area contributed by atoms with E-state index in [9.17, 15) is 4.79 Å². The minimum absolute atomic E-state index is 0.00968. The first-order valence-corrected chi connectivity index (χ1v) is 8.61. The Morgan fingerprint density at radius 3 is 2.43 bits per heavy atom. The lowest BCUT2D eigenvalue weighted by molar-refractivity contribution is 0.726. The van der Waals surface area contributed by atoms with E-state index in [-0.39, 0.29) is 5.56 Å². The lowest BCUT2D eigenvalue weighted by atomic mass is 10.0. The summed E-state index contributed by atoms with van der Waals surface area (Å²) in [4.78, 5) is 17.1. The number of aryl methyl sites for hydroxylation is 3. The van der Waals surface area contributed by atoms with E-state index in [1.807, 2.05) is 24.3 Å². The van der Waals surface area contributed by atoms with Gasteiger partial charge in [0.15, 0.2) is 5.16 Å². The zero-order valence-corrected chi connectivity index (χ0v) is 14.7. The topological polar surface area (TPSA) is 34.9 Å². The van der Waals surface area contributed by atoms with E-state index in [0.29, 0.717) is 5.39 Å². The second-order valence-corrected chi connectivity index (χ2v) is 6.88. The van der Waals surface area contributed by atoms with Gasteiger partial charge in [-0.3, -0.25) is 9.36 Å². The summed E-state index contributed by atoms with van der Waals surface area (Å²) in [5, 5.41) is 1.43. The van der Waals surface area contributed by atoms with Gasteiger partial charge in [0, 0.05) is 12.8 Å². The Morgan fingerprint density at radius 2 is 1.74 bits per heavy atom. The second kappa shape index (κ2) is 6.20. The molecule has 0 saturated carbocycles. The smallest absolute Gasteiger partial charge is 0.261 e. The molecule has 0 aliphatic rings. The highest BCUT2D eigenvalue weighted by Gasteiger charge is 2.10. The fourth-order valence-electron chi connectivity index (χ4n) is 2.90. The van der Waals surface area contributed by atoms with Crippen LogP contribution in [0.5, 0.6) is 0 Å². The molecule has 0 atom stereocenters. The second-order valence-electron chi connectivity index (χ2n) is 5.94. The standard InChI is InChI=1S/C19H20N2OS/c1-12-9-13(2)16(14(3)10-12)11-23-19-20-17-8-6-5-7-15(17)18(22)21(19)4/h5-10H,11H2,1-4H3. The quantitative estimate of drug-likeness (QED) is 0.536. The molecule has 1 heterocycles. The molecule has 0 spiro atoms. The summed E-state index contributed by atoms with van der Waals surface area (Å²) in [5.74, 6) is 0.816. The number of thioether (sulfide) groups is 1. The van der Waals surface area contributed by atoms with Gasteiger partial charge in [0.2, 0.25) is 0 Å². The van der Waals surface area contributed by atoms with Crippen LogP contribution in [-0.2, 0) is 12.8 Å². The minimum Gasteiger partial charge on any atom is -0.290 e. The zero-order valence-electron chi connectivity index (χ0n) is 13.9. The third-order valence-electron chi connectivity index (χ3n) is 4.13. The van der Waals surface area contributed by atoms with E-state index < -0.39 is 0 Å². The van der Waals surface area contributed by atoms with Crippen LogP contribution in [0.15, 0.2) is 46.3 Å². The van der Waals surface area contributed by atoms with Crippen LogP contribution in [0.1, 0.15) is 22.3 Å². The maximum atomic E-state index is 12.4. The van der Waals surface area contributed by atoms with Crippen molar-refractivity contribution in [1.82, 2.24) is 9.55 Å². The molecule has 0 aliphatic carbocycles. The minimum atomic E-state index is 0.00968. The molecule has 1 aromatic heterocycles. The molecule has 0 N–H and O–H groups in total. The van der Waals surface area contributed by atoms with E-state index in [1.54, 1.807) is 23.4 Å². The van der Waals surface area contributed by atoms with Gasteiger partial charge in [0.25, 0.3) is 5.56 Å². The summed E-state index contributed by atoms with van der Waals surface area (Å²) in [7, 11) is 1.79. The van der Waals surface area contributed by atoms with E-state index in [0.717, 1.165) is 16.4 Å². The van der Waals surface area contributed by atoms with E-state index in [2.05, 4.69) is 37.9 Å². The van der Waals surface area contributed by atoms with E-state index in [4.69, 9.17) is 0 Å². The van der Waals surface area contributed by atoms with Crippen LogP contribution < -0.4 is 5.56 Å². The molecular weight excluding hydrogens is 304 g/mol. The summed E-state index contributed by atoms with van der Waals surface area (Å²) in [6.45, 7) is 6.40. The third-order valence-corrected chi connectivity index (χ3v) is 5.18. The van der Waals surface area contributed by atoms with Crippen LogP contribution in [0, 0.1) is 20.8 Å². The molecule has 0 radical (unpaired) electrons. The molecule has 0 unspecified atom stereocenters. The number of nitrogens with zero attached hydrogens (tertiary/aromatic N) is 2. The van der Waals surface area contributed by atoms with Crippen molar-refractivity contribution in [3.8, 4) is 0 Å². The predicted molar refractivity (Wildman–Crippen MR) is 97.2 cm³/mol. The van der Waals surface area contributed by atoms with Crippen LogP contribution >= 0.6 is 11.8 Å². The van der Waals surface area contributed by atoms with Crippen LogP contribution in [-0.4, -0.2) is 9.55 Å². The molecule has 23 heavy (non-hydrogen) atoms. The summed E-state index contributed by atoms with van der Waals surface area (Å²) in [5.41, 5.74) is 5.96. The Morgan fingerprint density at radius 1 is 1.09 bits per heavy atom. The van der Waals surface area contributed by atoms with Crippen molar-refractivity contribution in [2.24, 2.45) is 7.05 Å². The largest absolute Gasteiger partial charge is 0.290 e. The van der Waals surface area contributed by atoms with Gasteiger partial charge in [0.05, 0.1) is 10.9 Å². The fourth-order valence-corrected chi connectivity index (χ4v) is 4.07. The van der Waals surface area contributed by atoms with Crippen molar-refractivity contribution < 1.29 is 0 Å². The Labute approximate surface area is 140 Å². The van der Waals surface area contributed by atoms with Gasteiger partial charge >= 0.3 is 0 Å². The Bertz CT molecular complexity index is 921. The van der Waals surface area contributed by atoms with Crippen molar-refractivity contribution in [2.45, 2.75) is 31.7 Å². The summed E-state index contributed by atoms with van der Waals surface area (Å²) in [6, 6.07) is 11.9. The highest BCUT2D eigenvalue weighted by atomic mass is 32.2. The summed E-state index contributed by atoms with van der Waals surface area (Å²) < 4.78 is 1.64. The molecule has 2 aromatic carbocycles. The molecule has 4 heteroatoms. The van der Waals surface area contributed by atoms with Crippen molar-refractivity contribution in [3.63, 3.8) is 0 Å². The lowest BCUT2D eigenvalue weighted by Crippen LogP contribution is -2.19. The van der Waals surface area contributed by atoms with Gasteiger partial charge in [0.1, 0.15) is 0 Å². The maximum absolute atomic E-state index is 12.4. The highest BCUT2D eigenvalue weighted by molar-refractivity contribution is 7.98. The number of aromatic nitrogens is 2. The van der Waals surface area contributed by atoms with Crippen LogP contribution in [0.4, 0.5) is 0 Å². The van der Waals surface area contributed by atoms with Gasteiger partial charge in [-0.1, -0.05) is 41.6 Å². The maximum Gasteiger partial charge on any atom is 0.261 e. The highest BCUT2D eigenvalue weighted by Crippen LogP contribution is 2.26. The van der Waals surface area contributed by atoms with Crippen molar-refractivity contribution in [2.75, 3.05) is 0 Å². The van der Waals surface area contributed by atoms with Crippen LogP contribution in [0.2, 0.25) is 0 Å². The number of benzene rings is 2. The van der Waals surface area contributed by atoms with E-state index >= 15 is 0 Å². The molecule has 3 nitrogen and oxygen atoms in total. The molecule has 0 bridgehead atoms. The fraction of sp³-hybridized carbons (Fsp3) is 0.263. The van der Waals surface area contributed by atoms with Gasteiger partial charge in [-0.05, 0) is 49.6 Å². The molecule has 0 aliphatic heterocycles. The van der Waals surface area contributed by atoms with Crippen LogP contribution in [0.25, 0.3) is 10.9 Å². The molecule has 3 aromatic rings. The van der Waals surface area contributed by atoms with Gasteiger partial charge < -0.3 is 0 Å². The SMILES string of the molecule is Cc1cc(C)c(CSc2nc3ccccc3c(=O)n2C)c(C)c1. The zero-order chi connectivity index (χ0) is 16.6. The first-order valence-electron chi connectivity index (χ1n) is 7.62. The van der Waals surface area contributed by atoms with Gasteiger partial charge in [-0.15, -0.1) is 0 Å². The number of rotatable bonds is 3. The lowest BCUT2D eigenvalue weighted by Gasteiger charge is -2.12. The molecule has 3 rings (SSSR count). The van der Waals surface area contributed by atoms with Crippen LogP contribution in [0.3, 0.4) is 0 Å². The monoisotopic (exact) mass is 324 g/mol. The number of hydrogen-bond acceptors (Lipinski definition) is 3. The average molecular weight is 324 g/mol.